The van der Waals surface area contributed by atoms with E-state index in [1.54, 1.807) is 26.6 Å². The highest BCUT2D eigenvalue weighted by molar-refractivity contribution is 5.51. The van der Waals surface area contributed by atoms with E-state index >= 15 is 0 Å². The number of hydrogen-bond donors (Lipinski definition) is 0. The van der Waals surface area contributed by atoms with Gasteiger partial charge in [0.1, 0.15) is 11.4 Å². The fourth-order valence-electron chi connectivity index (χ4n) is 2.65. The molecule has 6 nitrogen and oxygen atoms in total. The molecule has 0 bridgehead atoms. The number of rotatable bonds is 2. The molecule has 0 unspecified atom stereocenters. The maximum absolute atomic E-state index is 5.36. The molecular weight excluding hydrogens is 368 g/mol. The van der Waals surface area contributed by atoms with Crippen molar-refractivity contribution in [1.82, 2.24) is 9.97 Å². The number of benzene rings is 2. The molecule has 4 rings (SSSR count). The fraction of sp³-hybridized carbons (Fsp3) is 0.130. The van der Waals surface area contributed by atoms with E-state index in [-0.39, 0.29) is 6.79 Å². The molecule has 1 aliphatic heterocycles. The number of aromatic nitrogens is 2. The van der Waals surface area contributed by atoms with Gasteiger partial charge in [-0.1, -0.05) is 11.8 Å². The van der Waals surface area contributed by atoms with Crippen molar-refractivity contribution in [2.45, 2.75) is 0 Å². The SMILES string of the molecule is COc1ccc(C#Cc2cncc(C#Cc3ccc4c(c3)OCO4)n2)cc1OC. The minimum Gasteiger partial charge on any atom is -0.493 e. The molecule has 29 heavy (non-hydrogen) atoms. The summed E-state index contributed by atoms with van der Waals surface area (Å²) in [7, 11) is 3.18. The Bertz CT molecular complexity index is 1180. The van der Waals surface area contributed by atoms with Crippen molar-refractivity contribution in [3.05, 3.63) is 71.3 Å². The summed E-state index contributed by atoms with van der Waals surface area (Å²) in [5, 5.41) is 0. The smallest absolute Gasteiger partial charge is 0.231 e. The van der Waals surface area contributed by atoms with Crippen molar-refractivity contribution < 1.29 is 18.9 Å². The van der Waals surface area contributed by atoms with Crippen LogP contribution in [0.15, 0.2) is 48.8 Å². The van der Waals surface area contributed by atoms with Crippen LogP contribution in [-0.4, -0.2) is 31.0 Å². The van der Waals surface area contributed by atoms with Crippen molar-refractivity contribution in [3.63, 3.8) is 0 Å². The van der Waals surface area contributed by atoms with E-state index in [9.17, 15) is 0 Å². The fourth-order valence-corrected chi connectivity index (χ4v) is 2.65. The maximum atomic E-state index is 5.36. The Kier molecular flexibility index (Phi) is 5.18. The molecule has 0 radical (unpaired) electrons. The van der Waals surface area contributed by atoms with Gasteiger partial charge in [-0.25, -0.2) is 4.98 Å². The third-order valence-electron chi connectivity index (χ3n) is 4.06. The molecule has 0 fully saturated rings. The lowest BCUT2D eigenvalue weighted by Crippen LogP contribution is -1.92. The molecule has 0 atom stereocenters. The van der Waals surface area contributed by atoms with Gasteiger partial charge >= 0.3 is 0 Å². The van der Waals surface area contributed by atoms with Gasteiger partial charge in [-0.2, -0.15) is 0 Å². The minimum atomic E-state index is 0.235. The van der Waals surface area contributed by atoms with E-state index in [0.717, 1.165) is 16.9 Å². The highest BCUT2D eigenvalue weighted by atomic mass is 16.7. The Hall–Kier alpha value is -4.16. The summed E-state index contributed by atoms with van der Waals surface area (Å²) >= 11 is 0. The second-order valence-corrected chi connectivity index (χ2v) is 5.93. The van der Waals surface area contributed by atoms with Gasteiger partial charge in [0.15, 0.2) is 23.0 Å². The lowest BCUT2D eigenvalue weighted by molar-refractivity contribution is 0.174. The minimum absolute atomic E-state index is 0.235. The molecule has 6 heteroatoms. The van der Waals surface area contributed by atoms with Gasteiger partial charge in [0.2, 0.25) is 6.79 Å². The van der Waals surface area contributed by atoms with Gasteiger partial charge in [0, 0.05) is 11.1 Å². The summed E-state index contributed by atoms with van der Waals surface area (Å²) in [6.07, 6.45) is 3.20. The van der Waals surface area contributed by atoms with Crippen LogP contribution < -0.4 is 18.9 Å². The Morgan fingerprint density at radius 2 is 1.41 bits per heavy atom. The topological polar surface area (TPSA) is 62.7 Å². The van der Waals surface area contributed by atoms with Crippen LogP contribution >= 0.6 is 0 Å². The van der Waals surface area contributed by atoms with Crippen LogP contribution in [0.2, 0.25) is 0 Å². The van der Waals surface area contributed by atoms with Crippen molar-refractivity contribution >= 4 is 0 Å². The van der Waals surface area contributed by atoms with Gasteiger partial charge in [-0.05, 0) is 48.2 Å². The van der Waals surface area contributed by atoms with E-state index in [0.29, 0.717) is 28.6 Å². The number of methoxy groups -OCH3 is 2. The van der Waals surface area contributed by atoms with Crippen LogP contribution in [0.5, 0.6) is 23.0 Å². The van der Waals surface area contributed by atoms with E-state index in [4.69, 9.17) is 18.9 Å². The lowest BCUT2D eigenvalue weighted by Gasteiger charge is -2.06. The number of fused-ring (bicyclic) bond motifs is 1. The average Bonchev–Trinajstić information content (AvgIpc) is 3.24. The number of nitrogens with zero attached hydrogens (tertiary/aromatic N) is 2. The van der Waals surface area contributed by atoms with E-state index in [1.165, 1.54) is 0 Å². The zero-order chi connectivity index (χ0) is 20.1. The Labute approximate surface area is 168 Å². The van der Waals surface area contributed by atoms with E-state index in [2.05, 4.69) is 33.6 Å². The zero-order valence-corrected chi connectivity index (χ0v) is 15.9. The second-order valence-electron chi connectivity index (χ2n) is 5.93. The molecule has 3 aromatic rings. The van der Waals surface area contributed by atoms with Crippen LogP contribution in [0.3, 0.4) is 0 Å². The van der Waals surface area contributed by atoms with E-state index in [1.807, 2.05) is 36.4 Å². The van der Waals surface area contributed by atoms with Crippen molar-refractivity contribution in [3.8, 4) is 46.7 Å². The standard InChI is InChI=1S/C23H16N2O4/c1-26-20-9-5-16(11-22(20)27-2)3-7-18-13-24-14-19(25-18)8-4-17-6-10-21-23(12-17)29-15-28-21/h5-6,9-14H,15H2,1-2H3. The monoisotopic (exact) mass is 384 g/mol. The van der Waals surface area contributed by atoms with Gasteiger partial charge in [0.25, 0.3) is 0 Å². The van der Waals surface area contributed by atoms with Crippen LogP contribution in [0.25, 0.3) is 0 Å². The molecule has 0 N–H and O–H groups in total. The van der Waals surface area contributed by atoms with Gasteiger partial charge in [-0.15, -0.1) is 0 Å². The first kappa shape index (κ1) is 18.2. The van der Waals surface area contributed by atoms with Crippen molar-refractivity contribution in [2.24, 2.45) is 0 Å². The highest BCUT2D eigenvalue weighted by Crippen LogP contribution is 2.32. The largest absolute Gasteiger partial charge is 0.493 e. The normalized spacial score (nSPS) is 11.0. The Morgan fingerprint density at radius 1 is 0.759 bits per heavy atom. The van der Waals surface area contributed by atoms with Crippen molar-refractivity contribution in [2.75, 3.05) is 21.0 Å². The molecule has 1 aliphatic rings. The zero-order valence-electron chi connectivity index (χ0n) is 15.9. The van der Waals surface area contributed by atoms with Crippen molar-refractivity contribution in [1.29, 1.82) is 0 Å². The lowest BCUT2D eigenvalue weighted by atomic mass is 10.2. The summed E-state index contributed by atoms with van der Waals surface area (Å²) in [6, 6.07) is 11.0. The van der Waals surface area contributed by atoms with Crippen LogP contribution in [-0.2, 0) is 0 Å². The predicted octanol–water partition coefficient (Wildman–Crippen LogP) is 3.02. The molecule has 142 valence electrons. The molecular formula is C23H16N2O4. The molecule has 2 aromatic carbocycles. The first-order valence-electron chi connectivity index (χ1n) is 8.73. The maximum Gasteiger partial charge on any atom is 0.231 e. The average molecular weight is 384 g/mol. The molecule has 0 saturated heterocycles. The third kappa shape index (κ3) is 4.23. The Balaban J connectivity index is 1.54. The van der Waals surface area contributed by atoms with Crippen LogP contribution in [0, 0.1) is 23.7 Å². The Morgan fingerprint density at radius 3 is 2.14 bits per heavy atom. The molecule has 1 aromatic heterocycles. The molecule has 0 aliphatic carbocycles. The summed E-state index contributed by atoms with van der Waals surface area (Å²) in [5.41, 5.74) is 2.64. The first-order valence-corrected chi connectivity index (χ1v) is 8.73. The van der Waals surface area contributed by atoms with E-state index < -0.39 is 0 Å². The number of ether oxygens (including phenoxy) is 4. The van der Waals surface area contributed by atoms with Gasteiger partial charge in [0.05, 0.1) is 26.6 Å². The molecule has 2 heterocycles. The highest BCUT2D eigenvalue weighted by Gasteiger charge is 2.12. The van der Waals surface area contributed by atoms with Gasteiger partial charge in [-0.3, -0.25) is 4.98 Å². The number of hydrogen-bond acceptors (Lipinski definition) is 6. The summed E-state index contributed by atoms with van der Waals surface area (Å²) in [4.78, 5) is 8.60. The van der Waals surface area contributed by atoms with Crippen LogP contribution in [0.4, 0.5) is 0 Å². The quantitative estimate of drug-likeness (QED) is 0.633. The molecule has 0 spiro atoms. The summed E-state index contributed by atoms with van der Waals surface area (Å²) in [5.74, 6) is 14.8. The first-order chi connectivity index (χ1) is 14.2. The molecule has 0 saturated carbocycles. The summed E-state index contributed by atoms with van der Waals surface area (Å²) < 4.78 is 21.2. The third-order valence-corrected chi connectivity index (χ3v) is 4.06. The second kappa shape index (κ2) is 8.24. The van der Waals surface area contributed by atoms with Crippen LogP contribution in [0.1, 0.15) is 22.5 Å². The molecule has 0 amide bonds. The summed E-state index contributed by atoms with van der Waals surface area (Å²) in [6.45, 7) is 0.235. The van der Waals surface area contributed by atoms with Gasteiger partial charge < -0.3 is 18.9 Å². The predicted molar refractivity (Wildman–Crippen MR) is 106 cm³/mol.